The molecular formula is C13H13F2N3O3. The minimum atomic E-state index is -1.51. The summed E-state index contributed by atoms with van der Waals surface area (Å²) in [5, 5.41) is 19.4. The number of nitro groups is 1. The van der Waals surface area contributed by atoms with Crippen LogP contribution < -0.4 is 0 Å². The summed E-state index contributed by atoms with van der Waals surface area (Å²) >= 11 is 0. The molecule has 6 nitrogen and oxygen atoms in total. The Morgan fingerprint density at radius 2 is 2.14 bits per heavy atom. The van der Waals surface area contributed by atoms with E-state index in [1.54, 1.807) is 13.8 Å². The van der Waals surface area contributed by atoms with Gasteiger partial charge in [-0.1, -0.05) is 0 Å². The Balaban J connectivity index is 3.25. The molecule has 0 radical (unpaired) electrons. The molecule has 1 atom stereocenters. The maximum absolute atomic E-state index is 14.0. The first-order valence-electron chi connectivity index (χ1n) is 6.14. The van der Waals surface area contributed by atoms with Crippen molar-refractivity contribution < 1.29 is 18.5 Å². The molecule has 0 aromatic heterocycles. The number of carbonyl (C=O) groups is 1. The molecule has 112 valence electrons. The van der Waals surface area contributed by atoms with Gasteiger partial charge in [0.25, 0.3) is 5.91 Å². The van der Waals surface area contributed by atoms with Gasteiger partial charge in [0, 0.05) is 19.2 Å². The third-order valence-electron chi connectivity index (χ3n) is 2.86. The number of benzene rings is 1. The lowest BCUT2D eigenvalue weighted by Gasteiger charge is -2.22. The fourth-order valence-electron chi connectivity index (χ4n) is 1.76. The van der Waals surface area contributed by atoms with Gasteiger partial charge in [-0.25, -0.2) is 4.39 Å². The Morgan fingerprint density at radius 3 is 2.62 bits per heavy atom. The van der Waals surface area contributed by atoms with Crippen molar-refractivity contribution in [1.29, 1.82) is 5.26 Å². The summed E-state index contributed by atoms with van der Waals surface area (Å²) < 4.78 is 27.6. The molecule has 1 rings (SSSR count). The SMILES string of the molecule is CCN(CC(C)C#N)C(=O)c1c(F)ccc([N+](=O)[O-])c1F. The van der Waals surface area contributed by atoms with E-state index in [9.17, 15) is 23.7 Å². The van der Waals surface area contributed by atoms with Gasteiger partial charge in [-0.15, -0.1) is 0 Å². The van der Waals surface area contributed by atoms with Crippen molar-refractivity contribution >= 4 is 11.6 Å². The molecule has 21 heavy (non-hydrogen) atoms. The molecule has 1 aromatic rings. The Bertz CT molecular complexity index is 613. The number of halogens is 2. The van der Waals surface area contributed by atoms with Crippen LogP contribution in [0.4, 0.5) is 14.5 Å². The van der Waals surface area contributed by atoms with Gasteiger partial charge in [0.15, 0.2) is 0 Å². The number of nitro benzene ring substituents is 1. The van der Waals surface area contributed by atoms with Gasteiger partial charge < -0.3 is 4.90 Å². The van der Waals surface area contributed by atoms with Crippen LogP contribution in [-0.4, -0.2) is 28.8 Å². The van der Waals surface area contributed by atoms with E-state index in [1.165, 1.54) is 0 Å². The van der Waals surface area contributed by atoms with Crippen LogP contribution >= 0.6 is 0 Å². The number of amides is 1. The Labute approximate surface area is 119 Å². The predicted octanol–water partition coefficient (Wildman–Crippen LogP) is 2.49. The second kappa shape index (κ2) is 6.74. The topological polar surface area (TPSA) is 87.2 Å². The number of rotatable bonds is 5. The van der Waals surface area contributed by atoms with Crippen LogP contribution in [0.1, 0.15) is 24.2 Å². The standard InChI is InChI=1S/C13H13F2N3O3/c1-3-17(7-8(2)6-16)13(19)11-9(14)4-5-10(12(11)15)18(20)21/h4-5,8H,3,7H2,1-2H3. The van der Waals surface area contributed by atoms with Gasteiger partial charge in [-0.2, -0.15) is 9.65 Å². The second-order valence-electron chi connectivity index (χ2n) is 4.39. The van der Waals surface area contributed by atoms with E-state index < -0.39 is 39.6 Å². The zero-order valence-electron chi connectivity index (χ0n) is 11.5. The lowest BCUT2D eigenvalue weighted by molar-refractivity contribution is -0.387. The lowest BCUT2D eigenvalue weighted by atomic mass is 10.1. The maximum atomic E-state index is 14.0. The monoisotopic (exact) mass is 297 g/mol. The molecular weight excluding hydrogens is 284 g/mol. The first kappa shape index (κ1) is 16.5. The zero-order valence-corrected chi connectivity index (χ0v) is 11.5. The van der Waals surface area contributed by atoms with Gasteiger partial charge in [-0.05, 0) is 19.9 Å². The molecule has 0 bridgehead atoms. The molecule has 0 saturated carbocycles. The highest BCUT2D eigenvalue weighted by molar-refractivity contribution is 5.95. The van der Waals surface area contributed by atoms with Crippen LogP contribution in [0.3, 0.4) is 0 Å². The Kier molecular flexibility index (Phi) is 5.30. The normalized spacial score (nSPS) is 11.6. The number of hydrogen-bond acceptors (Lipinski definition) is 4. The first-order valence-corrected chi connectivity index (χ1v) is 6.14. The van der Waals surface area contributed by atoms with Crippen LogP contribution in [0.25, 0.3) is 0 Å². The van der Waals surface area contributed by atoms with Crippen LogP contribution in [0.15, 0.2) is 12.1 Å². The largest absolute Gasteiger partial charge is 0.337 e. The van der Waals surface area contributed by atoms with E-state index in [0.717, 1.165) is 4.90 Å². The van der Waals surface area contributed by atoms with Crippen molar-refractivity contribution in [3.63, 3.8) is 0 Å². The predicted molar refractivity (Wildman–Crippen MR) is 69.4 cm³/mol. The van der Waals surface area contributed by atoms with Gasteiger partial charge >= 0.3 is 5.69 Å². The summed E-state index contributed by atoms with van der Waals surface area (Å²) in [6.45, 7) is 3.23. The number of hydrogen-bond donors (Lipinski definition) is 0. The summed E-state index contributed by atoms with van der Waals surface area (Å²) in [7, 11) is 0. The van der Waals surface area contributed by atoms with Crippen molar-refractivity contribution in [2.75, 3.05) is 13.1 Å². The van der Waals surface area contributed by atoms with Crippen molar-refractivity contribution in [3.8, 4) is 6.07 Å². The van der Waals surface area contributed by atoms with Crippen LogP contribution in [0, 0.1) is 39.0 Å². The molecule has 0 N–H and O–H groups in total. The number of nitrogens with zero attached hydrogens (tertiary/aromatic N) is 3. The molecule has 8 heteroatoms. The van der Waals surface area contributed by atoms with E-state index in [1.807, 2.05) is 6.07 Å². The molecule has 0 aliphatic heterocycles. The number of nitriles is 1. The third kappa shape index (κ3) is 3.51. The maximum Gasteiger partial charge on any atom is 0.305 e. The second-order valence-corrected chi connectivity index (χ2v) is 4.39. The highest BCUT2D eigenvalue weighted by atomic mass is 19.1. The third-order valence-corrected chi connectivity index (χ3v) is 2.86. The van der Waals surface area contributed by atoms with Gasteiger partial charge in [-0.3, -0.25) is 14.9 Å². The van der Waals surface area contributed by atoms with E-state index in [2.05, 4.69) is 0 Å². The van der Waals surface area contributed by atoms with Crippen molar-refractivity contribution in [2.45, 2.75) is 13.8 Å². The first-order chi connectivity index (χ1) is 9.83. The summed E-state index contributed by atoms with van der Waals surface area (Å²) in [4.78, 5) is 22.8. The summed E-state index contributed by atoms with van der Waals surface area (Å²) in [6.07, 6.45) is 0. The van der Waals surface area contributed by atoms with Crippen LogP contribution in [0.5, 0.6) is 0 Å². The zero-order chi connectivity index (χ0) is 16.2. The van der Waals surface area contributed by atoms with Crippen molar-refractivity contribution in [1.82, 2.24) is 4.90 Å². The van der Waals surface area contributed by atoms with Crippen molar-refractivity contribution in [2.24, 2.45) is 5.92 Å². The average molecular weight is 297 g/mol. The molecule has 0 fully saturated rings. The molecule has 1 aromatic carbocycles. The minimum Gasteiger partial charge on any atom is -0.337 e. The van der Waals surface area contributed by atoms with E-state index in [4.69, 9.17) is 5.26 Å². The Hall–Kier alpha value is -2.56. The molecule has 1 unspecified atom stereocenters. The smallest absolute Gasteiger partial charge is 0.305 e. The summed E-state index contributed by atoms with van der Waals surface area (Å²) in [5.74, 6) is -4.23. The molecule has 0 heterocycles. The van der Waals surface area contributed by atoms with E-state index >= 15 is 0 Å². The van der Waals surface area contributed by atoms with Crippen molar-refractivity contribution in [3.05, 3.63) is 39.4 Å². The van der Waals surface area contributed by atoms with Gasteiger partial charge in [0.1, 0.15) is 11.4 Å². The summed E-state index contributed by atoms with van der Waals surface area (Å²) in [6, 6.07) is 3.24. The average Bonchev–Trinajstić information content (AvgIpc) is 2.43. The van der Waals surface area contributed by atoms with Gasteiger partial charge in [0.05, 0.1) is 16.9 Å². The summed E-state index contributed by atoms with van der Waals surface area (Å²) in [5.41, 5.74) is -1.94. The Morgan fingerprint density at radius 1 is 1.52 bits per heavy atom. The fraction of sp³-hybridized carbons (Fsp3) is 0.385. The molecule has 1 amide bonds. The lowest BCUT2D eigenvalue weighted by Crippen LogP contribution is -2.35. The van der Waals surface area contributed by atoms with E-state index in [0.29, 0.717) is 12.1 Å². The van der Waals surface area contributed by atoms with E-state index in [-0.39, 0.29) is 13.1 Å². The molecule has 0 saturated heterocycles. The number of carbonyl (C=O) groups excluding carboxylic acids is 1. The quantitative estimate of drug-likeness (QED) is 0.617. The van der Waals surface area contributed by atoms with Crippen LogP contribution in [-0.2, 0) is 0 Å². The molecule has 0 aliphatic carbocycles. The van der Waals surface area contributed by atoms with Gasteiger partial charge in [0.2, 0.25) is 5.82 Å². The minimum absolute atomic E-state index is 0.0204. The molecule has 0 aliphatic rings. The van der Waals surface area contributed by atoms with Crippen LogP contribution in [0.2, 0.25) is 0 Å². The highest BCUT2D eigenvalue weighted by Crippen LogP contribution is 2.24. The fourth-order valence-corrected chi connectivity index (χ4v) is 1.76. The highest BCUT2D eigenvalue weighted by Gasteiger charge is 2.29. The molecule has 0 spiro atoms.